The van der Waals surface area contributed by atoms with Gasteiger partial charge >= 0.3 is 12.3 Å². The van der Waals surface area contributed by atoms with Crippen LogP contribution >= 0.6 is 0 Å². The highest BCUT2D eigenvalue weighted by Crippen LogP contribution is 2.25. The van der Waals surface area contributed by atoms with Crippen LogP contribution in [0.2, 0.25) is 0 Å². The molecule has 0 aromatic rings. The molecule has 0 aromatic carbocycles. The molecule has 0 N–H and O–H groups in total. The van der Waals surface area contributed by atoms with Crippen molar-refractivity contribution in [1.82, 2.24) is 4.90 Å². The molecule has 0 saturated heterocycles. The summed E-state index contributed by atoms with van der Waals surface area (Å²) in [5, 5.41) is 0. The molecular formula is C9H15F4NO. The normalized spacial score (nSPS) is 12.3. The molecule has 0 aromatic heterocycles. The van der Waals surface area contributed by atoms with E-state index < -0.39 is 18.3 Å². The van der Waals surface area contributed by atoms with Crippen LogP contribution in [0.15, 0.2) is 0 Å². The van der Waals surface area contributed by atoms with Gasteiger partial charge in [0.2, 0.25) is 0 Å². The van der Waals surface area contributed by atoms with Gasteiger partial charge < -0.3 is 4.90 Å². The van der Waals surface area contributed by atoms with Crippen molar-refractivity contribution in [3.05, 3.63) is 0 Å². The van der Waals surface area contributed by atoms with E-state index in [4.69, 9.17) is 0 Å². The van der Waals surface area contributed by atoms with Crippen molar-refractivity contribution in [2.45, 2.75) is 32.6 Å². The van der Waals surface area contributed by atoms with E-state index in [2.05, 4.69) is 0 Å². The number of nitrogens with zero attached hydrogens (tertiary/aromatic N) is 1. The third kappa shape index (κ3) is 4.05. The van der Waals surface area contributed by atoms with E-state index in [0.29, 0.717) is 11.3 Å². The predicted octanol–water partition coefficient (Wildman–Crippen LogP) is 2.39. The van der Waals surface area contributed by atoms with Crippen molar-refractivity contribution in [3.63, 3.8) is 0 Å². The Labute approximate surface area is 86.2 Å². The van der Waals surface area contributed by atoms with Crippen LogP contribution in [0, 0.1) is 5.92 Å². The Hall–Kier alpha value is -0.810. The minimum absolute atomic E-state index is 0.0544. The number of rotatable bonds is 5. The van der Waals surface area contributed by atoms with Crippen LogP contribution in [-0.2, 0) is 4.79 Å². The van der Waals surface area contributed by atoms with E-state index in [1.807, 2.05) is 13.8 Å². The number of carbonyl (C=O) groups is 1. The summed E-state index contributed by atoms with van der Waals surface area (Å²) in [6, 6.07) is 0. The zero-order valence-electron chi connectivity index (χ0n) is 8.94. The maximum atomic E-state index is 12.6. The molecule has 0 radical (unpaired) electrons. The molecule has 0 fully saturated rings. The fourth-order valence-electron chi connectivity index (χ4n) is 0.901. The molecule has 0 heterocycles. The molecule has 0 bridgehead atoms. The SMILES string of the molecule is CC(C)CCN(C)C(=O)C(F)(F)C(F)F. The summed E-state index contributed by atoms with van der Waals surface area (Å²) >= 11 is 0. The van der Waals surface area contributed by atoms with Crippen molar-refractivity contribution in [1.29, 1.82) is 0 Å². The number of hydrogen-bond acceptors (Lipinski definition) is 1. The fourth-order valence-corrected chi connectivity index (χ4v) is 0.901. The van der Waals surface area contributed by atoms with Gasteiger partial charge in [-0.05, 0) is 12.3 Å². The van der Waals surface area contributed by atoms with Gasteiger partial charge in [0.1, 0.15) is 0 Å². The lowest BCUT2D eigenvalue weighted by Crippen LogP contribution is -2.46. The molecule has 0 unspecified atom stereocenters. The largest absolute Gasteiger partial charge is 0.383 e. The van der Waals surface area contributed by atoms with Gasteiger partial charge in [-0.25, -0.2) is 8.78 Å². The topological polar surface area (TPSA) is 20.3 Å². The van der Waals surface area contributed by atoms with E-state index in [1.54, 1.807) is 0 Å². The summed E-state index contributed by atoms with van der Waals surface area (Å²) < 4.78 is 48.8. The van der Waals surface area contributed by atoms with Gasteiger partial charge in [0.05, 0.1) is 0 Å². The summed E-state index contributed by atoms with van der Waals surface area (Å²) in [4.78, 5) is 11.6. The second-order valence-corrected chi connectivity index (χ2v) is 3.83. The number of amides is 1. The highest BCUT2D eigenvalue weighted by molar-refractivity contribution is 5.83. The molecule has 0 aliphatic heterocycles. The predicted molar refractivity (Wildman–Crippen MR) is 48.0 cm³/mol. The first-order valence-corrected chi connectivity index (χ1v) is 4.61. The molecule has 15 heavy (non-hydrogen) atoms. The molecule has 6 heteroatoms. The molecule has 0 rings (SSSR count). The van der Waals surface area contributed by atoms with Crippen molar-refractivity contribution >= 4 is 5.91 Å². The van der Waals surface area contributed by atoms with Crippen LogP contribution in [0.5, 0.6) is 0 Å². The van der Waals surface area contributed by atoms with E-state index in [0.717, 1.165) is 7.05 Å². The first-order valence-electron chi connectivity index (χ1n) is 4.61. The van der Waals surface area contributed by atoms with Crippen LogP contribution in [0.1, 0.15) is 20.3 Å². The lowest BCUT2D eigenvalue weighted by atomic mass is 10.1. The molecule has 0 spiro atoms. The van der Waals surface area contributed by atoms with Gasteiger partial charge in [0, 0.05) is 13.6 Å². The number of halogens is 4. The smallest absolute Gasteiger partial charge is 0.340 e. The summed E-state index contributed by atoms with van der Waals surface area (Å²) in [5.74, 6) is -6.18. The van der Waals surface area contributed by atoms with Gasteiger partial charge in [-0.1, -0.05) is 13.8 Å². The Bertz CT molecular complexity index is 218. The van der Waals surface area contributed by atoms with E-state index in [9.17, 15) is 22.4 Å². The maximum Gasteiger partial charge on any atom is 0.383 e. The van der Waals surface area contributed by atoms with Gasteiger partial charge in [0.25, 0.3) is 5.91 Å². The van der Waals surface area contributed by atoms with Crippen LogP contribution in [-0.4, -0.2) is 36.7 Å². The first-order chi connectivity index (χ1) is 6.69. The lowest BCUT2D eigenvalue weighted by molar-refractivity contribution is -0.179. The molecule has 2 nitrogen and oxygen atoms in total. The van der Waals surface area contributed by atoms with Gasteiger partial charge in [-0.3, -0.25) is 4.79 Å². The van der Waals surface area contributed by atoms with Crippen LogP contribution in [0.3, 0.4) is 0 Å². The lowest BCUT2D eigenvalue weighted by Gasteiger charge is -2.23. The van der Waals surface area contributed by atoms with Gasteiger partial charge in [0.15, 0.2) is 0 Å². The Balaban J connectivity index is 4.31. The average Bonchev–Trinajstić information content (AvgIpc) is 2.12. The third-order valence-electron chi connectivity index (χ3n) is 1.95. The minimum atomic E-state index is -4.58. The summed E-state index contributed by atoms with van der Waals surface area (Å²) in [7, 11) is 1.10. The standard InChI is InChI=1S/C9H15F4NO/c1-6(2)4-5-14(3)8(15)9(12,13)7(10)11/h6-7H,4-5H2,1-3H3. The maximum absolute atomic E-state index is 12.6. The third-order valence-corrected chi connectivity index (χ3v) is 1.95. The fraction of sp³-hybridized carbons (Fsp3) is 0.889. The Morgan fingerprint density at radius 1 is 1.33 bits per heavy atom. The molecule has 0 saturated carbocycles. The van der Waals surface area contributed by atoms with Crippen molar-refractivity contribution in [2.75, 3.05) is 13.6 Å². The number of hydrogen-bond donors (Lipinski definition) is 0. The van der Waals surface area contributed by atoms with Gasteiger partial charge in [-0.15, -0.1) is 0 Å². The quantitative estimate of drug-likeness (QED) is 0.663. The minimum Gasteiger partial charge on any atom is -0.340 e. The summed E-state index contributed by atoms with van der Waals surface area (Å²) in [6.07, 6.45) is -3.45. The van der Waals surface area contributed by atoms with Crippen LogP contribution in [0.4, 0.5) is 17.6 Å². The molecule has 0 aliphatic carbocycles. The highest BCUT2D eigenvalue weighted by atomic mass is 19.3. The van der Waals surface area contributed by atoms with Crippen molar-refractivity contribution in [3.8, 4) is 0 Å². The van der Waals surface area contributed by atoms with Crippen LogP contribution < -0.4 is 0 Å². The van der Waals surface area contributed by atoms with E-state index in [1.165, 1.54) is 0 Å². The highest BCUT2D eigenvalue weighted by Gasteiger charge is 2.50. The zero-order valence-corrected chi connectivity index (χ0v) is 8.94. The summed E-state index contributed by atoms with van der Waals surface area (Å²) in [6.45, 7) is 3.76. The zero-order chi connectivity index (χ0) is 12.2. The molecule has 1 amide bonds. The summed E-state index contributed by atoms with van der Waals surface area (Å²) in [5.41, 5.74) is 0. The Kier molecular flexibility index (Phi) is 5.03. The Morgan fingerprint density at radius 2 is 1.80 bits per heavy atom. The van der Waals surface area contributed by atoms with Crippen molar-refractivity contribution < 1.29 is 22.4 Å². The van der Waals surface area contributed by atoms with E-state index >= 15 is 0 Å². The number of alkyl halides is 4. The first kappa shape index (κ1) is 14.2. The van der Waals surface area contributed by atoms with Crippen molar-refractivity contribution in [2.24, 2.45) is 5.92 Å². The van der Waals surface area contributed by atoms with Gasteiger partial charge in [-0.2, -0.15) is 8.78 Å². The Morgan fingerprint density at radius 3 is 2.13 bits per heavy atom. The van der Waals surface area contributed by atoms with E-state index in [-0.39, 0.29) is 12.5 Å². The molecular weight excluding hydrogens is 214 g/mol. The van der Waals surface area contributed by atoms with Crippen LogP contribution in [0.25, 0.3) is 0 Å². The molecule has 0 aliphatic rings. The molecule has 90 valence electrons. The molecule has 0 atom stereocenters. The second-order valence-electron chi connectivity index (χ2n) is 3.83. The second kappa shape index (κ2) is 5.32. The number of carbonyl (C=O) groups excluding carboxylic acids is 1. The monoisotopic (exact) mass is 229 g/mol. The average molecular weight is 229 g/mol.